The molecule has 0 saturated heterocycles. The average Bonchev–Trinajstić information content (AvgIpc) is 2.85. The maximum atomic E-state index is 13.4. The molecule has 1 atom stereocenters. The van der Waals surface area contributed by atoms with Crippen LogP contribution in [0.1, 0.15) is 23.5 Å². The van der Waals surface area contributed by atoms with Crippen LogP contribution in [0.3, 0.4) is 0 Å². The summed E-state index contributed by atoms with van der Waals surface area (Å²) in [6.07, 6.45) is -0.111. The number of phenolic OH excluding ortho intramolecular Hbond substituents is 1. The normalized spacial score (nSPS) is 15.2. The van der Waals surface area contributed by atoms with Gasteiger partial charge in [-0.3, -0.25) is 14.4 Å². The maximum absolute atomic E-state index is 13.4. The quantitative estimate of drug-likeness (QED) is 0.305. The number of ether oxygens (including phenoxy) is 1. The van der Waals surface area contributed by atoms with Crippen molar-refractivity contribution in [1.29, 1.82) is 0 Å². The average molecular weight is 465 g/mol. The maximum Gasteiger partial charge on any atom is 0.312 e. The third-order valence-corrected chi connectivity index (χ3v) is 6.52. The van der Waals surface area contributed by atoms with Gasteiger partial charge in [-0.2, -0.15) is 0 Å². The minimum atomic E-state index is -0.730. The number of para-hydroxylation sites is 1. The lowest BCUT2D eigenvalue weighted by atomic mass is 9.85. The second kappa shape index (κ2) is 7.70. The van der Waals surface area contributed by atoms with Crippen molar-refractivity contribution >= 4 is 27.8 Å². The van der Waals surface area contributed by atoms with E-state index in [-0.39, 0.29) is 34.4 Å². The Labute approximate surface area is 198 Å². The summed E-state index contributed by atoms with van der Waals surface area (Å²) in [5, 5.41) is 11.4. The Morgan fingerprint density at radius 1 is 0.943 bits per heavy atom. The van der Waals surface area contributed by atoms with Crippen LogP contribution in [0.2, 0.25) is 0 Å². The van der Waals surface area contributed by atoms with Gasteiger partial charge in [-0.05, 0) is 17.5 Å². The van der Waals surface area contributed by atoms with E-state index in [1.54, 1.807) is 29.8 Å². The highest BCUT2D eigenvalue weighted by Crippen LogP contribution is 2.45. The summed E-state index contributed by atoms with van der Waals surface area (Å²) in [5.41, 5.74) is 1.59. The number of benzene rings is 3. The molecule has 2 aromatic heterocycles. The van der Waals surface area contributed by atoms with Crippen LogP contribution in [0.5, 0.6) is 11.5 Å². The number of fused-ring (bicyclic) bond motifs is 4. The van der Waals surface area contributed by atoms with Crippen LogP contribution in [0.25, 0.3) is 33.2 Å². The largest absolute Gasteiger partial charge is 0.507 e. The number of aromatic nitrogens is 1. The van der Waals surface area contributed by atoms with Crippen LogP contribution in [0.15, 0.2) is 86.8 Å². The number of hydrogen-bond acceptors (Lipinski definition) is 6. The first kappa shape index (κ1) is 20.9. The molecule has 6 rings (SSSR count). The van der Waals surface area contributed by atoms with Crippen LogP contribution < -0.4 is 15.7 Å². The van der Waals surface area contributed by atoms with E-state index in [2.05, 4.69) is 0 Å². The van der Waals surface area contributed by atoms with Crippen molar-refractivity contribution in [3.05, 3.63) is 105 Å². The lowest BCUT2D eigenvalue weighted by molar-refractivity contribution is -0.135. The zero-order valence-electron chi connectivity index (χ0n) is 18.6. The molecule has 5 aromatic rings. The fourth-order valence-electron chi connectivity index (χ4n) is 4.87. The van der Waals surface area contributed by atoms with E-state index < -0.39 is 17.3 Å². The van der Waals surface area contributed by atoms with Gasteiger partial charge in [0.05, 0.1) is 11.9 Å². The Morgan fingerprint density at radius 3 is 2.49 bits per heavy atom. The van der Waals surface area contributed by atoms with Crippen LogP contribution in [0.4, 0.5) is 0 Å². The first-order chi connectivity index (χ1) is 16.9. The molecule has 0 fully saturated rings. The summed E-state index contributed by atoms with van der Waals surface area (Å²) in [4.78, 5) is 39.1. The smallest absolute Gasteiger partial charge is 0.312 e. The number of pyridine rings is 1. The van der Waals surface area contributed by atoms with Crippen molar-refractivity contribution in [3.8, 4) is 22.8 Å². The number of aryl methyl sites for hydroxylation is 1. The second-order valence-electron chi connectivity index (χ2n) is 8.61. The first-order valence-electron chi connectivity index (χ1n) is 11.1. The van der Waals surface area contributed by atoms with Crippen LogP contribution >= 0.6 is 0 Å². The SMILES string of the molecule is Cn1c(=O)c([C@H]2CC(=O)Oc3cc(O)c4c(=O)cc(-c5ccccc5)oc4c32)cc2ccccc21. The summed E-state index contributed by atoms with van der Waals surface area (Å²) in [6, 6.07) is 20.9. The zero-order chi connectivity index (χ0) is 24.3. The molecule has 0 unspecified atom stereocenters. The van der Waals surface area contributed by atoms with Crippen LogP contribution in [-0.4, -0.2) is 15.6 Å². The molecule has 172 valence electrons. The van der Waals surface area contributed by atoms with Crippen LogP contribution in [0, 0.1) is 0 Å². The minimum Gasteiger partial charge on any atom is -0.507 e. The van der Waals surface area contributed by atoms with Crippen molar-refractivity contribution in [2.75, 3.05) is 0 Å². The lowest BCUT2D eigenvalue weighted by Gasteiger charge is -2.26. The molecule has 7 nitrogen and oxygen atoms in total. The Bertz CT molecular complexity index is 1780. The van der Waals surface area contributed by atoms with E-state index in [9.17, 15) is 19.5 Å². The number of carbonyl (C=O) groups is 1. The van der Waals surface area contributed by atoms with Gasteiger partial charge in [0, 0.05) is 41.8 Å². The second-order valence-corrected chi connectivity index (χ2v) is 8.61. The molecule has 1 aliphatic heterocycles. The molecule has 0 spiro atoms. The van der Waals surface area contributed by atoms with Gasteiger partial charge in [-0.1, -0.05) is 48.5 Å². The molecule has 35 heavy (non-hydrogen) atoms. The molecule has 0 amide bonds. The third kappa shape index (κ3) is 3.24. The van der Waals surface area contributed by atoms with Gasteiger partial charge in [-0.15, -0.1) is 0 Å². The third-order valence-electron chi connectivity index (χ3n) is 6.52. The molecule has 0 bridgehead atoms. The molecular weight excluding hydrogens is 446 g/mol. The van der Waals surface area contributed by atoms with Crippen molar-refractivity contribution < 1.29 is 19.1 Å². The minimum absolute atomic E-state index is 0.0241. The fraction of sp³-hybridized carbons (Fsp3) is 0.107. The van der Waals surface area contributed by atoms with E-state index in [1.807, 2.05) is 42.5 Å². The number of rotatable bonds is 2. The standard InChI is InChI=1S/C28H19NO6/c1-29-19-10-6-5-9-16(19)11-18(28(29)33)17-12-24(32)34-23-14-21(31)26-20(30)13-22(35-27(26)25(17)23)15-7-3-2-4-8-15/h2-11,13-14,17,31H,12H2,1H3/t17-/m1/s1. The molecule has 3 heterocycles. The highest BCUT2D eigenvalue weighted by atomic mass is 16.5. The summed E-state index contributed by atoms with van der Waals surface area (Å²) in [7, 11) is 1.68. The Balaban J connectivity index is 1.70. The molecule has 0 radical (unpaired) electrons. The summed E-state index contributed by atoms with van der Waals surface area (Å²) >= 11 is 0. The predicted molar refractivity (Wildman–Crippen MR) is 131 cm³/mol. The molecule has 0 aliphatic carbocycles. The Morgan fingerprint density at radius 2 is 1.69 bits per heavy atom. The molecule has 0 saturated carbocycles. The highest BCUT2D eigenvalue weighted by molar-refractivity contribution is 5.93. The molecular formula is C28H19NO6. The van der Waals surface area contributed by atoms with Crippen LogP contribution in [-0.2, 0) is 11.8 Å². The topological polar surface area (TPSA) is 98.7 Å². The molecule has 1 N–H and O–H groups in total. The van der Waals surface area contributed by atoms with Crippen molar-refractivity contribution in [3.63, 3.8) is 0 Å². The highest BCUT2D eigenvalue weighted by Gasteiger charge is 2.35. The van der Waals surface area contributed by atoms with Gasteiger partial charge in [0.25, 0.3) is 5.56 Å². The predicted octanol–water partition coefficient (Wildman–Crippen LogP) is 4.46. The monoisotopic (exact) mass is 465 g/mol. The van der Waals surface area contributed by atoms with Gasteiger partial charge in [-0.25, -0.2) is 0 Å². The lowest BCUT2D eigenvalue weighted by Crippen LogP contribution is -2.29. The van der Waals surface area contributed by atoms with E-state index in [0.29, 0.717) is 22.5 Å². The van der Waals surface area contributed by atoms with Gasteiger partial charge in [0.2, 0.25) is 0 Å². The zero-order valence-corrected chi connectivity index (χ0v) is 18.6. The van der Waals surface area contributed by atoms with E-state index in [1.165, 1.54) is 12.1 Å². The van der Waals surface area contributed by atoms with Gasteiger partial charge < -0.3 is 18.8 Å². The first-order valence-corrected chi connectivity index (χ1v) is 11.1. The van der Waals surface area contributed by atoms with E-state index >= 15 is 0 Å². The number of carbonyl (C=O) groups excluding carboxylic acids is 1. The van der Waals surface area contributed by atoms with Crippen molar-refractivity contribution in [2.24, 2.45) is 7.05 Å². The number of aromatic hydroxyl groups is 1. The number of hydrogen-bond donors (Lipinski definition) is 1. The van der Waals surface area contributed by atoms with Crippen molar-refractivity contribution in [2.45, 2.75) is 12.3 Å². The number of nitrogens with zero attached hydrogens (tertiary/aromatic N) is 1. The Hall–Kier alpha value is -4.65. The number of esters is 1. The molecule has 3 aromatic carbocycles. The Kier molecular flexibility index (Phi) is 4.60. The van der Waals surface area contributed by atoms with Gasteiger partial charge in [0.15, 0.2) is 5.43 Å². The summed E-state index contributed by atoms with van der Waals surface area (Å²) < 4.78 is 13.2. The summed E-state index contributed by atoms with van der Waals surface area (Å²) in [6.45, 7) is 0. The van der Waals surface area contributed by atoms with Gasteiger partial charge >= 0.3 is 5.97 Å². The van der Waals surface area contributed by atoms with Gasteiger partial charge in [0.1, 0.15) is 28.2 Å². The van der Waals surface area contributed by atoms with Crippen molar-refractivity contribution in [1.82, 2.24) is 4.57 Å². The molecule has 7 heteroatoms. The number of phenols is 1. The van der Waals surface area contributed by atoms with E-state index in [0.717, 1.165) is 10.9 Å². The van der Waals surface area contributed by atoms with E-state index in [4.69, 9.17) is 9.15 Å². The fourth-order valence-corrected chi connectivity index (χ4v) is 4.87. The summed E-state index contributed by atoms with van der Waals surface area (Å²) in [5.74, 6) is -1.25. The molecule has 1 aliphatic rings.